The molecule has 8 nitrogen and oxygen atoms in total. The third kappa shape index (κ3) is 7.68. The monoisotopic (exact) mass is 556 g/mol. The molecule has 1 aliphatic rings. The van der Waals surface area contributed by atoms with Crippen LogP contribution in [-0.2, 0) is 32.5 Å². The zero-order valence-electron chi connectivity index (χ0n) is 21.4. The van der Waals surface area contributed by atoms with Crippen molar-refractivity contribution < 1.29 is 18.0 Å². The highest BCUT2D eigenvalue weighted by Crippen LogP contribution is 2.36. The standard InChI is InChI=1S/C28H33ClN4O4S/c1-38(36,37)25-12-11-22(18-24(25)29)23(17-20-7-5-6-8-20)28(35)31-26-13-15-33(32-26)16-14-27(34)30-19-21-9-3-2-4-10-21/h2-4,9-13,15,18,20,23H,5-8,14,16-17,19H2,1H3,(H,30,34)(H,31,32,35). The number of rotatable bonds is 11. The Morgan fingerprint density at radius 2 is 1.84 bits per heavy atom. The summed E-state index contributed by atoms with van der Waals surface area (Å²) < 4.78 is 25.6. The Morgan fingerprint density at radius 3 is 2.53 bits per heavy atom. The first-order valence-corrected chi connectivity index (χ1v) is 15.1. The number of anilines is 1. The van der Waals surface area contributed by atoms with E-state index < -0.39 is 15.8 Å². The number of halogens is 1. The minimum Gasteiger partial charge on any atom is -0.352 e. The van der Waals surface area contributed by atoms with Crippen LogP contribution >= 0.6 is 11.6 Å². The molecule has 38 heavy (non-hydrogen) atoms. The van der Waals surface area contributed by atoms with Crippen molar-refractivity contribution in [3.63, 3.8) is 0 Å². The predicted octanol–water partition coefficient (Wildman–Crippen LogP) is 4.95. The van der Waals surface area contributed by atoms with Crippen molar-refractivity contribution in [1.29, 1.82) is 0 Å². The molecule has 1 aliphatic carbocycles. The van der Waals surface area contributed by atoms with Crippen molar-refractivity contribution in [2.24, 2.45) is 5.92 Å². The molecule has 1 atom stereocenters. The summed E-state index contributed by atoms with van der Waals surface area (Å²) in [5, 5.41) is 10.3. The first-order valence-electron chi connectivity index (χ1n) is 12.8. The fourth-order valence-electron chi connectivity index (χ4n) is 4.88. The van der Waals surface area contributed by atoms with Gasteiger partial charge in [0, 0.05) is 38.0 Å². The first kappa shape index (κ1) is 27.9. The number of hydrogen-bond acceptors (Lipinski definition) is 5. The summed E-state index contributed by atoms with van der Waals surface area (Å²) in [6.45, 7) is 0.849. The molecule has 3 aromatic rings. The molecule has 1 saturated carbocycles. The Hall–Kier alpha value is -3.17. The summed E-state index contributed by atoms with van der Waals surface area (Å²) in [5.74, 6) is 0.0334. The second kappa shape index (κ2) is 12.6. The fourth-order valence-corrected chi connectivity index (χ4v) is 6.21. The van der Waals surface area contributed by atoms with Gasteiger partial charge in [-0.15, -0.1) is 0 Å². The van der Waals surface area contributed by atoms with E-state index in [0.717, 1.165) is 37.5 Å². The normalized spacial score (nSPS) is 14.8. The molecule has 1 aromatic heterocycles. The zero-order chi connectivity index (χ0) is 27.1. The minimum absolute atomic E-state index is 0.0505. The lowest BCUT2D eigenvalue weighted by Gasteiger charge is -2.21. The molecule has 1 fully saturated rings. The van der Waals surface area contributed by atoms with Crippen LogP contribution in [0.4, 0.5) is 5.82 Å². The predicted molar refractivity (Wildman–Crippen MR) is 148 cm³/mol. The molecule has 1 heterocycles. The number of amides is 2. The van der Waals surface area contributed by atoms with E-state index in [1.165, 1.54) is 6.07 Å². The van der Waals surface area contributed by atoms with Gasteiger partial charge in [-0.1, -0.05) is 73.7 Å². The van der Waals surface area contributed by atoms with Gasteiger partial charge in [0.05, 0.1) is 15.8 Å². The number of aryl methyl sites for hydroxylation is 1. The first-order chi connectivity index (χ1) is 18.2. The van der Waals surface area contributed by atoms with Crippen LogP contribution in [0.5, 0.6) is 0 Å². The van der Waals surface area contributed by atoms with Gasteiger partial charge in [-0.25, -0.2) is 8.42 Å². The van der Waals surface area contributed by atoms with Gasteiger partial charge >= 0.3 is 0 Å². The summed E-state index contributed by atoms with van der Waals surface area (Å²) in [6, 6.07) is 16.1. The molecule has 4 rings (SSSR count). The van der Waals surface area contributed by atoms with Crippen LogP contribution in [0, 0.1) is 5.92 Å². The number of nitrogens with one attached hydrogen (secondary N) is 2. The van der Waals surface area contributed by atoms with Crippen LogP contribution in [0.1, 0.15) is 55.6 Å². The largest absolute Gasteiger partial charge is 0.352 e. The summed E-state index contributed by atoms with van der Waals surface area (Å²) in [6.07, 6.45) is 8.19. The number of sulfone groups is 1. The zero-order valence-corrected chi connectivity index (χ0v) is 23.0. The van der Waals surface area contributed by atoms with Gasteiger partial charge in [0.2, 0.25) is 11.8 Å². The van der Waals surface area contributed by atoms with Crippen molar-refractivity contribution in [1.82, 2.24) is 15.1 Å². The second-order valence-electron chi connectivity index (χ2n) is 9.87. The van der Waals surface area contributed by atoms with Gasteiger partial charge < -0.3 is 10.6 Å². The third-order valence-electron chi connectivity index (χ3n) is 6.91. The summed E-state index contributed by atoms with van der Waals surface area (Å²) in [5.41, 5.74) is 1.71. The number of hydrogen-bond donors (Lipinski definition) is 2. The van der Waals surface area contributed by atoms with Crippen molar-refractivity contribution in [2.45, 2.75) is 62.4 Å². The molecular weight excluding hydrogens is 524 g/mol. The molecule has 2 amide bonds. The van der Waals surface area contributed by atoms with Gasteiger partial charge in [-0.3, -0.25) is 14.3 Å². The van der Waals surface area contributed by atoms with E-state index in [1.807, 2.05) is 30.3 Å². The van der Waals surface area contributed by atoms with E-state index in [-0.39, 0.29) is 28.2 Å². The Balaban J connectivity index is 1.38. The van der Waals surface area contributed by atoms with Gasteiger partial charge in [-0.2, -0.15) is 5.10 Å². The van der Waals surface area contributed by atoms with E-state index >= 15 is 0 Å². The van der Waals surface area contributed by atoms with Crippen LogP contribution in [-0.4, -0.2) is 36.3 Å². The van der Waals surface area contributed by atoms with E-state index in [2.05, 4.69) is 15.7 Å². The van der Waals surface area contributed by atoms with Crippen LogP contribution in [0.2, 0.25) is 5.02 Å². The molecule has 2 N–H and O–H groups in total. The highest BCUT2D eigenvalue weighted by Gasteiger charge is 2.28. The van der Waals surface area contributed by atoms with Crippen LogP contribution in [0.3, 0.4) is 0 Å². The number of carbonyl (C=O) groups is 2. The average molecular weight is 557 g/mol. The SMILES string of the molecule is CS(=O)(=O)c1ccc(C(CC2CCCC2)C(=O)Nc2ccn(CCC(=O)NCc3ccccc3)n2)cc1Cl. The van der Waals surface area contributed by atoms with Crippen LogP contribution in [0.15, 0.2) is 65.7 Å². The number of aromatic nitrogens is 2. The quantitative estimate of drug-likeness (QED) is 0.347. The summed E-state index contributed by atoms with van der Waals surface area (Å²) in [7, 11) is -3.47. The van der Waals surface area contributed by atoms with Crippen molar-refractivity contribution in [3.05, 3.63) is 76.9 Å². The molecular formula is C28H33ClN4O4S. The maximum Gasteiger partial charge on any atom is 0.233 e. The average Bonchev–Trinajstić information content (AvgIpc) is 3.56. The lowest BCUT2D eigenvalue weighted by atomic mass is 9.87. The highest BCUT2D eigenvalue weighted by molar-refractivity contribution is 7.90. The van der Waals surface area contributed by atoms with Gasteiger partial charge in [0.15, 0.2) is 15.7 Å². The lowest BCUT2D eigenvalue weighted by Crippen LogP contribution is -2.24. The maximum atomic E-state index is 13.4. The molecule has 10 heteroatoms. The van der Waals surface area contributed by atoms with Crippen molar-refractivity contribution >= 4 is 39.1 Å². The Bertz CT molecular complexity index is 1370. The number of nitrogens with zero attached hydrogens (tertiary/aromatic N) is 2. The summed E-state index contributed by atoms with van der Waals surface area (Å²) >= 11 is 6.30. The van der Waals surface area contributed by atoms with E-state index in [0.29, 0.717) is 36.8 Å². The molecule has 0 saturated heterocycles. The lowest BCUT2D eigenvalue weighted by molar-refractivity contribution is -0.121. The topological polar surface area (TPSA) is 110 Å². The molecule has 0 radical (unpaired) electrons. The molecule has 0 aliphatic heterocycles. The van der Waals surface area contributed by atoms with Gasteiger partial charge in [0.25, 0.3) is 0 Å². The van der Waals surface area contributed by atoms with E-state index in [1.54, 1.807) is 29.1 Å². The highest BCUT2D eigenvalue weighted by atomic mass is 35.5. The van der Waals surface area contributed by atoms with Crippen molar-refractivity contribution in [2.75, 3.05) is 11.6 Å². The van der Waals surface area contributed by atoms with Gasteiger partial charge in [0.1, 0.15) is 0 Å². The van der Waals surface area contributed by atoms with E-state index in [4.69, 9.17) is 11.6 Å². The van der Waals surface area contributed by atoms with Gasteiger partial charge in [-0.05, 0) is 35.6 Å². The molecule has 0 bridgehead atoms. The minimum atomic E-state index is -3.47. The Kier molecular flexibility index (Phi) is 9.22. The van der Waals surface area contributed by atoms with Crippen LogP contribution < -0.4 is 10.6 Å². The second-order valence-corrected chi connectivity index (χ2v) is 12.3. The fraction of sp³-hybridized carbons (Fsp3) is 0.393. The Labute approximate surface area is 228 Å². The molecule has 202 valence electrons. The van der Waals surface area contributed by atoms with Crippen LogP contribution in [0.25, 0.3) is 0 Å². The van der Waals surface area contributed by atoms with Crippen molar-refractivity contribution in [3.8, 4) is 0 Å². The third-order valence-corrected chi connectivity index (χ3v) is 8.49. The molecule has 0 spiro atoms. The number of carbonyl (C=O) groups excluding carboxylic acids is 2. The summed E-state index contributed by atoms with van der Waals surface area (Å²) in [4.78, 5) is 25.7. The molecule has 2 aromatic carbocycles. The van der Waals surface area contributed by atoms with E-state index in [9.17, 15) is 18.0 Å². The maximum absolute atomic E-state index is 13.4. The molecule has 1 unspecified atom stereocenters. The Morgan fingerprint density at radius 1 is 1.11 bits per heavy atom. The number of benzene rings is 2. The smallest absolute Gasteiger partial charge is 0.233 e.